The molecule has 20 heavy (non-hydrogen) atoms. The highest BCUT2D eigenvalue weighted by atomic mass is 31.2. The molecule has 1 rings (SSSR count). The van der Waals surface area contributed by atoms with E-state index in [0.717, 1.165) is 11.1 Å². The van der Waals surface area contributed by atoms with E-state index in [1.54, 1.807) is 12.1 Å². The summed E-state index contributed by atoms with van der Waals surface area (Å²) in [6, 6.07) is 3.45. The van der Waals surface area contributed by atoms with Crippen molar-refractivity contribution in [3.8, 4) is 5.75 Å². The van der Waals surface area contributed by atoms with Gasteiger partial charge < -0.3 is 14.9 Å². The van der Waals surface area contributed by atoms with Crippen LogP contribution in [0.15, 0.2) is 12.1 Å². The minimum atomic E-state index is -4.28. The lowest BCUT2D eigenvalue weighted by molar-refractivity contribution is 0.297. The summed E-state index contributed by atoms with van der Waals surface area (Å²) in [5.41, 5.74) is 0.652. The molecule has 0 heterocycles. The van der Waals surface area contributed by atoms with Gasteiger partial charge in [0.2, 0.25) is 0 Å². The lowest BCUT2D eigenvalue weighted by Gasteiger charge is -2.32. The zero-order chi connectivity index (χ0) is 15.7. The molecule has 4 nitrogen and oxygen atoms in total. The van der Waals surface area contributed by atoms with Gasteiger partial charge >= 0.3 is 7.60 Å². The topological polar surface area (TPSA) is 77.8 Å². The summed E-state index contributed by atoms with van der Waals surface area (Å²) in [6.07, 6.45) is 1.26. The van der Waals surface area contributed by atoms with Crippen molar-refractivity contribution >= 4 is 7.60 Å². The second-order valence-electron chi connectivity index (χ2n) is 6.25. The maximum Gasteiger partial charge on any atom is 0.333 e. The van der Waals surface area contributed by atoms with Crippen LogP contribution in [-0.4, -0.2) is 14.9 Å². The van der Waals surface area contributed by atoms with Gasteiger partial charge in [-0.1, -0.05) is 46.8 Å². The minimum absolute atomic E-state index is 0.247. The first-order valence-electron chi connectivity index (χ1n) is 6.92. The first-order valence-corrected chi connectivity index (χ1v) is 8.60. The van der Waals surface area contributed by atoms with Gasteiger partial charge in [0.15, 0.2) is 0 Å². The standard InChI is InChI=1S/C15H25O4P/c1-6-10-8-12(9-11(7-2)13(10)16)14(15(3,4)5)20(17,18)19/h8-9,14,16H,6-7H2,1-5H3,(H2,17,18,19). The number of aryl methyl sites for hydroxylation is 2. The quantitative estimate of drug-likeness (QED) is 0.739. The highest BCUT2D eigenvalue weighted by Crippen LogP contribution is 2.60. The summed E-state index contributed by atoms with van der Waals surface area (Å²) in [7, 11) is -4.28. The van der Waals surface area contributed by atoms with Gasteiger partial charge in [-0.2, -0.15) is 0 Å². The van der Waals surface area contributed by atoms with Gasteiger partial charge in [0.25, 0.3) is 0 Å². The lowest BCUT2D eigenvalue weighted by Crippen LogP contribution is -2.19. The van der Waals surface area contributed by atoms with Crippen LogP contribution in [0.2, 0.25) is 0 Å². The SMILES string of the molecule is CCc1cc(C(C(C)(C)C)P(=O)(O)O)cc(CC)c1O. The molecule has 0 aromatic heterocycles. The average molecular weight is 300 g/mol. The number of phenols is 1. The molecule has 0 fully saturated rings. The molecular weight excluding hydrogens is 275 g/mol. The van der Waals surface area contributed by atoms with Crippen molar-refractivity contribution in [1.82, 2.24) is 0 Å². The number of hydrogen-bond donors (Lipinski definition) is 3. The molecule has 1 aromatic carbocycles. The zero-order valence-electron chi connectivity index (χ0n) is 12.8. The summed E-state index contributed by atoms with van der Waals surface area (Å²) < 4.78 is 11.9. The molecule has 0 aliphatic rings. The van der Waals surface area contributed by atoms with Crippen LogP contribution in [0.25, 0.3) is 0 Å². The fourth-order valence-electron chi connectivity index (χ4n) is 2.68. The molecule has 0 saturated heterocycles. The van der Waals surface area contributed by atoms with Crippen molar-refractivity contribution in [2.75, 3.05) is 0 Å². The summed E-state index contributed by atoms with van der Waals surface area (Å²) in [5.74, 6) is 0.247. The van der Waals surface area contributed by atoms with Crippen LogP contribution < -0.4 is 0 Å². The third-order valence-electron chi connectivity index (χ3n) is 3.52. The summed E-state index contributed by atoms with van der Waals surface area (Å²) in [5, 5.41) is 10.1. The molecule has 1 unspecified atom stereocenters. The fourth-order valence-corrected chi connectivity index (χ4v) is 4.23. The number of aromatic hydroxyl groups is 1. The Bertz CT molecular complexity index is 500. The smallest absolute Gasteiger partial charge is 0.333 e. The second kappa shape index (κ2) is 5.88. The Kier molecular flexibility index (Phi) is 5.07. The van der Waals surface area contributed by atoms with E-state index >= 15 is 0 Å². The van der Waals surface area contributed by atoms with Gasteiger partial charge in [0.1, 0.15) is 5.75 Å². The van der Waals surface area contributed by atoms with E-state index in [-0.39, 0.29) is 5.75 Å². The Morgan fingerprint density at radius 1 is 1.10 bits per heavy atom. The van der Waals surface area contributed by atoms with Crippen molar-refractivity contribution in [3.63, 3.8) is 0 Å². The van der Waals surface area contributed by atoms with E-state index < -0.39 is 18.7 Å². The number of phenolic OH excluding ortho intramolecular Hbond substituents is 1. The largest absolute Gasteiger partial charge is 0.507 e. The Morgan fingerprint density at radius 3 is 1.75 bits per heavy atom. The Labute approximate surface area is 121 Å². The molecule has 0 aliphatic heterocycles. The van der Waals surface area contributed by atoms with Gasteiger partial charge in [0, 0.05) is 0 Å². The predicted molar refractivity (Wildman–Crippen MR) is 81.1 cm³/mol. The highest BCUT2D eigenvalue weighted by Gasteiger charge is 2.40. The second-order valence-corrected chi connectivity index (χ2v) is 7.95. The van der Waals surface area contributed by atoms with Crippen LogP contribution in [0, 0.1) is 5.41 Å². The third-order valence-corrected chi connectivity index (χ3v) is 5.27. The molecule has 0 aliphatic carbocycles. The molecule has 0 bridgehead atoms. The van der Waals surface area contributed by atoms with Crippen LogP contribution in [0.5, 0.6) is 5.75 Å². The van der Waals surface area contributed by atoms with Gasteiger partial charge in [0.05, 0.1) is 5.66 Å². The number of hydrogen-bond acceptors (Lipinski definition) is 2. The minimum Gasteiger partial charge on any atom is -0.507 e. The maximum absolute atomic E-state index is 11.9. The van der Waals surface area contributed by atoms with Gasteiger partial charge in [-0.15, -0.1) is 0 Å². The summed E-state index contributed by atoms with van der Waals surface area (Å²) in [6.45, 7) is 9.30. The molecule has 0 amide bonds. The van der Waals surface area contributed by atoms with Crippen molar-refractivity contribution < 1.29 is 19.5 Å². The number of benzene rings is 1. The number of rotatable bonds is 4. The predicted octanol–water partition coefficient (Wildman–Crippen LogP) is 3.78. The first-order chi connectivity index (χ1) is 9.02. The first kappa shape index (κ1) is 17.2. The van der Waals surface area contributed by atoms with Crippen LogP contribution >= 0.6 is 7.60 Å². The molecule has 1 atom stereocenters. The molecular formula is C15H25O4P. The Balaban J connectivity index is 3.54. The molecule has 1 aromatic rings. The van der Waals surface area contributed by atoms with Crippen molar-refractivity contribution in [2.24, 2.45) is 5.41 Å². The molecule has 114 valence electrons. The van der Waals surface area contributed by atoms with E-state index in [2.05, 4.69) is 0 Å². The normalized spacial score (nSPS) is 14.3. The molecule has 0 radical (unpaired) electrons. The summed E-state index contributed by atoms with van der Waals surface area (Å²) >= 11 is 0. The van der Waals surface area contributed by atoms with Crippen molar-refractivity contribution in [2.45, 2.75) is 53.1 Å². The molecule has 0 spiro atoms. The van der Waals surface area contributed by atoms with E-state index in [0.29, 0.717) is 18.4 Å². The zero-order valence-corrected chi connectivity index (χ0v) is 13.7. The van der Waals surface area contributed by atoms with Crippen LogP contribution in [0.3, 0.4) is 0 Å². The van der Waals surface area contributed by atoms with E-state index in [1.807, 2.05) is 34.6 Å². The van der Waals surface area contributed by atoms with E-state index in [9.17, 15) is 19.5 Å². The van der Waals surface area contributed by atoms with Crippen molar-refractivity contribution in [3.05, 3.63) is 28.8 Å². The molecule has 0 saturated carbocycles. The average Bonchev–Trinajstić information content (AvgIpc) is 2.27. The van der Waals surface area contributed by atoms with Crippen molar-refractivity contribution in [1.29, 1.82) is 0 Å². The fraction of sp³-hybridized carbons (Fsp3) is 0.600. The maximum atomic E-state index is 11.9. The van der Waals surface area contributed by atoms with Gasteiger partial charge in [-0.25, -0.2) is 0 Å². The van der Waals surface area contributed by atoms with Gasteiger partial charge in [-0.05, 0) is 34.9 Å². The lowest BCUT2D eigenvalue weighted by atomic mass is 9.85. The highest BCUT2D eigenvalue weighted by molar-refractivity contribution is 7.52. The molecule has 5 heteroatoms. The van der Waals surface area contributed by atoms with Crippen LogP contribution in [0.4, 0.5) is 0 Å². The summed E-state index contributed by atoms with van der Waals surface area (Å²) in [4.78, 5) is 19.4. The third kappa shape index (κ3) is 3.63. The van der Waals surface area contributed by atoms with E-state index in [4.69, 9.17) is 0 Å². The molecule has 3 N–H and O–H groups in total. The monoisotopic (exact) mass is 300 g/mol. The van der Waals surface area contributed by atoms with Crippen LogP contribution in [-0.2, 0) is 17.4 Å². The van der Waals surface area contributed by atoms with Gasteiger partial charge in [-0.3, -0.25) is 4.57 Å². The van der Waals surface area contributed by atoms with E-state index in [1.165, 1.54) is 0 Å². The Hall–Kier alpha value is -0.830. The van der Waals surface area contributed by atoms with Crippen LogP contribution in [0.1, 0.15) is 57.0 Å². The Morgan fingerprint density at radius 2 is 1.50 bits per heavy atom.